The molecule has 0 saturated carbocycles. The van der Waals surface area contributed by atoms with Gasteiger partial charge >= 0.3 is 77.1 Å². The van der Waals surface area contributed by atoms with Crippen LogP contribution in [-0.2, 0) is 0 Å². The van der Waals surface area contributed by atoms with Gasteiger partial charge in [-0.15, -0.1) is 0 Å². The van der Waals surface area contributed by atoms with Crippen molar-refractivity contribution in [1.82, 2.24) is 0 Å². The minimum atomic E-state index is 0. The zero-order valence-corrected chi connectivity index (χ0v) is 11.6. The van der Waals surface area contributed by atoms with E-state index in [4.69, 9.17) is 0 Å². The average molecular weight is 292 g/mol. The van der Waals surface area contributed by atoms with Crippen molar-refractivity contribution in [3.8, 4) is 0 Å². The van der Waals surface area contributed by atoms with Gasteiger partial charge in [0.1, 0.15) is 0 Å². The Morgan fingerprint density at radius 2 is 1.25 bits per heavy atom. The van der Waals surface area contributed by atoms with Crippen molar-refractivity contribution in [2.75, 3.05) is 0 Å². The van der Waals surface area contributed by atoms with Gasteiger partial charge in [-0.2, -0.15) is 0 Å². The summed E-state index contributed by atoms with van der Waals surface area (Å²) in [6.45, 7) is 0. The molecule has 0 rings (SSSR count). The SMILES string of the molecule is O.[H-].[Na+].[SnH2].[TeH2]. The van der Waals surface area contributed by atoms with Gasteiger partial charge in [0.2, 0.25) is 0 Å². The van der Waals surface area contributed by atoms with Crippen LogP contribution < -0.4 is 29.6 Å². The first-order chi connectivity index (χ1) is 0. The second-order valence-electron chi connectivity index (χ2n) is 0. The molecule has 0 fully saturated rings. The monoisotopic (exact) mass is 296 g/mol. The van der Waals surface area contributed by atoms with Crippen LogP contribution in [0.4, 0.5) is 0 Å². The Morgan fingerprint density at radius 3 is 1.25 bits per heavy atom. The van der Waals surface area contributed by atoms with Crippen LogP contribution in [0.3, 0.4) is 0 Å². The molecule has 4 heteroatoms. The van der Waals surface area contributed by atoms with Crippen molar-refractivity contribution < 1.29 is 36.5 Å². The molecule has 2 radical (unpaired) electrons. The fourth-order valence-corrected chi connectivity index (χ4v) is 0. The zero-order valence-electron chi connectivity index (χ0n) is 3.71. The van der Waals surface area contributed by atoms with Crippen LogP contribution in [0.15, 0.2) is 0 Å². The van der Waals surface area contributed by atoms with E-state index in [0.29, 0.717) is 0 Å². The molecule has 0 atom stereocenters. The van der Waals surface area contributed by atoms with Gasteiger partial charge in [0.25, 0.3) is 0 Å². The molecule has 0 aromatic heterocycles. The first-order valence-corrected chi connectivity index (χ1v) is 0. The van der Waals surface area contributed by atoms with Crippen molar-refractivity contribution in [2.45, 2.75) is 0 Å². The van der Waals surface area contributed by atoms with Crippen LogP contribution in [-0.4, -0.2) is 53.1 Å². The fourth-order valence-electron chi connectivity index (χ4n) is 0. The molecule has 0 amide bonds. The quantitative estimate of drug-likeness (QED) is 0.399. The average Bonchev–Trinajstić information content (AvgIpc) is 0. The summed E-state index contributed by atoms with van der Waals surface area (Å²) in [7, 11) is 0. The standard InChI is InChI=1S/Na.H2O.Sn.H2Te.3H/h;1H2;;1H2;;;/q+1;;;;;;-1. The van der Waals surface area contributed by atoms with E-state index in [1.807, 2.05) is 0 Å². The van der Waals surface area contributed by atoms with Gasteiger partial charge in [-0.1, -0.05) is 0 Å². The molecular weight excluding hydrogens is 285 g/mol. The molecule has 0 saturated heterocycles. The van der Waals surface area contributed by atoms with E-state index in [1.165, 1.54) is 0 Å². The maximum atomic E-state index is 0. The molecule has 0 aromatic carbocycles. The summed E-state index contributed by atoms with van der Waals surface area (Å²) < 4.78 is 0. The predicted octanol–water partition coefficient (Wildman–Crippen LogP) is -5.54. The van der Waals surface area contributed by atoms with E-state index in [2.05, 4.69) is 0 Å². The van der Waals surface area contributed by atoms with Gasteiger partial charge in [-0.3, -0.25) is 0 Å². The summed E-state index contributed by atoms with van der Waals surface area (Å²) in [5, 5.41) is 0. The first-order valence-electron chi connectivity index (χ1n) is 0. The van der Waals surface area contributed by atoms with Crippen LogP contribution in [0.25, 0.3) is 0 Å². The molecule has 0 heterocycles. The van der Waals surface area contributed by atoms with E-state index < -0.39 is 0 Å². The van der Waals surface area contributed by atoms with Gasteiger partial charge in [0.05, 0.1) is 0 Å². The summed E-state index contributed by atoms with van der Waals surface area (Å²) in [5.41, 5.74) is 0. The molecule has 0 aliphatic carbocycles. The number of rotatable bonds is 0. The van der Waals surface area contributed by atoms with E-state index in [1.54, 1.807) is 0 Å². The fraction of sp³-hybridized carbons (Fsp3) is 0. The summed E-state index contributed by atoms with van der Waals surface area (Å²) >= 11 is 0. The summed E-state index contributed by atoms with van der Waals surface area (Å²) in [6, 6.07) is 0. The summed E-state index contributed by atoms with van der Waals surface area (Å²) in [4.78, 5) is 0. The van der Waals surface area contributed by atoms with Crippen molar-refractivity contribution >= 4 is 47.6 Å². The van der Waals surface area contributed by atoms with Crippen molar-refractivity contribution in [2.24, 2.45) is 0 Å². The molecule has 0 spiro atoms. The van der Waals surface area contributed by atoms with Crippen LogP contribution >= 0.6 is 0 Å². The molecule has 24 valence electrons. The van der Waals surface area contributed by atoms with Gasteiger partial charge in [0.15, 0.2) is 0 Å². The minimum absolute atomic E-state index is 0. The van der Waals surface area contributed by atoms with Crippen LogP contribution in [0, 0.1) is 0 Å². The van der Waals surface area contributed by atoms with E-state index >= 15 is 0 Å². The summed E-state index contributed by atoms with van der Waals surface area (Å²) in [5.74, 6) is 0. The third-order valence-corrected chi connectivity index (χ3v) is 0. The topological polar surface area (TPSA) is 31.5 Å². The van der Waals surface area contributed by atoms with E-state index in [0.717, 1.165) is 0 Å². The Balaban J connectivity index is 0. The molecule has 0 unspecified atom stereocenters. The Kier molecular flexibility index (Phi) is 137. The second-order valence-corrected chi connectivity index (χ2v) is 0. The van der Waals surface area contributed by atoms with Gasteiger partial charge in [0, 0.05) is 0 Å². The molecule has 4 heavy (non-hydrogen) atoms. The molecule has 0 aliphatic heterocycles. The number of hydrogen-bond acceptors (Lipinski definition) is 0. The Bertz CT molecular complexity index is 11.6. The van der Waals surface area contributed by atoms with Crippen LogP contribution in [0.2, 0.25) is 0 Å². The van der Waals surface area contributed by atoms with Crippen molar-refractivity contribution in [3.63, 3.8) is 0 Å². The number of hydrogen-bond donors (Lipinski definition) is 0. The Hall–Kier alpha value is 2.55. The third kappa shape index (κ3) is 8.82. The molecule has 0 bridgehead atoms. The van der Waals surface area contributed by atoms with Gasteiger partial charge in [-0.05, 0) is 0 Å². The molecule has 1 nitrogen and oxygen atoms in total. The third-order valence-electron chi connectivity index (χ3n) is 0. The predicted molar refractivity (Wildman–Crippen MR) is 21.8 cm³/mol. The van der Waals surface area contributed by atoms with Gasteiger partial charge < -0.3 is 6.90 Å². The maximum absolute atomic E-state index is 0. The second kappa shape index (κ2) is 17.7. The van der Waals surface area contributed by atoms with E-state index in [9.17, 15) is 0 Å². The van der Waals surface area contributed by atoms with Crippen molar-refractivity contribution in [1.29, 1.82) is 0 Å². The molecule has 0 aliphatic rings. The Morgan fingerprint density at radius 1 is 1.25 bits per heavy atom. The first kappa shape index (κ1) is 31.0. The zero-order chi connectivity index (χ0) is 0. The normalized spacial score (nSPS) is 0. The Labute approximate surface area is 82.7 Å². The van der Waals surface area contributed by atoms with Gasteiger partial charge in [-0.25, -0.2) is 0 Å². The summed E-state index contributed by atoms with van der Waals surface area (Å²) in [6.07, 6.45) is 0. The van der Waals surface area contributed by atoms with Crippen molar-refractivity contribution in [3.05, 3.63) is 0 Å². The molecule has 0 aromatic rings. The molecular formula is H7NaOSnTe. The van der Waals surface area contributed by atoms with Crippen LogP contribution in [0.1, 0.15) is 1.43 Å². The van der Waals surface area contributed by atoms with Crippen LogP contribution in [0.5, 0.6) is 0 Å². The van der Waals surface area contributed by atoms with E-state index in [-0.39, 0.29) is 84.0 Å². The molecule has 2 N–H and O–H groups in total.